The number of carboxylic acid groups (broad SMARTS) is 8. The maximum Gasteiger partial charge on any atom is 0.326 e. The Morgan fingerprint density at radius 3 is 0.657 bits per heavy atom. The Kier molecular flexibility index (Phi) is 64.2. The van der Waals surface area contributed by atoms with E-state index in [4.69, 9.17) is 97.7 Å². The molecule has 4 unspecified atom stereocenters. The SMILES string of the molecule is O=C(O)CC(NC(=O)CCOCCOCCOCCNC(=O)CN1C(=O)C=CC1=O)C(=O)O.O=C(O)CC(NC(=O)CCOCCOCCOCCOCCNC(=O)CN1C(=O)C=CC1=O)C(=O)O.O=C(O)CCC(CC(=O)CCOCCOCCOCCNC(=O)CN1C(=O)C=CC1=O)C(=O)O.O=C(O)CCC(NC(=O)CCOCCOCCNC(=O)CN1C(=O)C=CC1=O)C(=O)O. The number of rotatable bonds is 75. The number of carbonyl (C=O) groups excluding carboxylic acids is 16. The number of hydrogen-bond donors (Lipinski definition) is 15. The summed E-state index contributed by atoms with van der Waals surface area (Å²) < 4.78 is 63.0. The molecule has 55 nitrogen and oxygen atoms in total. The van der Waals surface area contributed by atoms with E-state index in [-0.39, 0.29) is 248 Å². The molecule has 4 atom stereocenters. The van der Waals surface area contributed by atoms with Gasteiger partial charge in [-0.25, -0.2) is 14.4 Å². The van der Waals surface area contributed by atoms with Crippen molar-refractivity contribution in [3.05, 3.63) is 48.6 Å². The van der Waals surface area contributed by atoms with Gasteiger partial charge in [-0.2, -0.15) is 0 Å². The minimum atomic E-state index is -1.50. The Balaban J connectivity index is 0.000000894. The lowest BCUT2D eigenvalue weighted by Gasteiger charge is -2.14. The number of imide groups is 4. The second-order valence-corrected chi connectivity index (χ2v) is 27.3. The fourth-order valence-electron chi connectivity index (χ4n) is 10.1. The number of nitrogens with one attached hydrogen (secondary N) is 7. The van der Waals surface area contributed by atoms with Crippen molar-refractivity contribution < 1.29 is 213 Å². The Hall–Kier alpha value is -13.2. The minimum Gasteiger partial charge on any atom is -0.481 e. The highest BCUT2D eigenvalue weighted by molar-refractivity contribution is 6.16. The second kappa shape index (κ2) is 72.4. The zero-order valence-corrected chi connectivity index (χ0v) is 72.9. The molecule has 0 saturated carbocycles. The third-order valence-corrected chi connectivity index (χ3v) is 16.8. The van der Waals surface area contributed by atoms with Gasteiger partial charge in [0.2, 0.25) is 41.4 Å². The van der Waals surface area contributed by atoms with Gasteiger partial charge < -0.3 is 135 Å². The molecule has 0 aliphatic carbocycles. The second-order valence-electron chi connectivity index (χ2n) is 27.3. The summed E-state index contributed by atoms with van der Waals surface area (Å²) in [6.07, 6.45) is 5.81. The molecule has 0 aromatic carbocycles. The predicted molar refractivity (Wildman–Crippen MR) is 441 cm³/mol. The molecule has 748 valence electrons. The average molecular weight is 1920 g/mol. The monoisotopic (exact) mass is 1920 g/mol. The molecule has 0 aromatic heterocycles. The molecular weight excluding hydrogens is 1810 g/mol. The van der Waals surface area contributed by atoms with Crippen molar-refractivity contribution >= 4 is 142 Å². The van der Waals surface area contributed by atoms with E-state index in [0.717, 1.165) is 68.2 Å². The molecule has 134 heavy (non-hydrogen) atoms. The molecule has 55 heteroatoms. The lowest BCUT2D eigenvalue weighted by molar-refractivity contribution is -0.147. The van der Waals surface area contributed by atoms with Crippen LogP contribution in [0.4, 0.5) is 0 Å². The van der Waals surface area contributed by atoms with Crippen molar-refractivity contribution in [3.63, 3.8) is 0 Å². The number of Topliss-reactive ketones (excluding diaryl/α,β-unsaturated/α-hetero) is 1. The number of ether oxygens (including phenoxy) is 12. The Labute approximate surface area is 763 Å². The number of ketones is 1. The number of hydrogen-bond acceptors (Lipinski definition) is 36. The number of amides is 15. The van der Waals surface area contributed by atoms with Crippen LogP contribution in [0.2, 0.25) is 0 Å². The normalized spacial score (nSPS) is 13.8. The quantitative estimate of drug-likeness (QED) is 0.0199. The van der Waals surface area contributed by atoms with Gasteiger partial charge in [-0.05, 0) is 12.8 Å². The first kappa shape index (κ1) is 119. The summed E-state index contributed by atoms with van der Waals surface area (Å²) in [5.41, 5.74) is 0. The number of carbonyl (C=O) groups is 24. The Bertz CT molecular complexity index is 3970. The van der Waals surface area contributed by atoms with Crippen LogP contribution in [0.15, 0.2) is 48.6 Å². The first-order valence-electron chi connectivity index (χ1n) is 41.1. The van der Waals surface area contributed by atoms with Gasteiger partial charge in [-0.3, -0.25) is 120 Å². The van der Waals surface area contributed by atoms with E-state index in [9.17, 15) is 115 Å². The van der Waals surface area contributed by atoms with Gasteiger partial charge in [0.05, 0.1) is 177 Å². The van der Waals surface area contributed by atoms with Crippen molar-refractivity contribution in [2.24, 2.45) is 5.92 Å². The molecule has 0 spiro atoms. The zero-order valence-electron chi connectivity index (χ0n) is 72.9. The number of aliphatic carboxylic acids is 8. The molecule has 4 aliphatic heterocycles. The van der Waals surface area contributed by atoms with Crippen LogP contribution in [0.25, 0.3) is 0 Å². The molecule has 4 heterocycles. The van der Waals surface area contributed by atoms with E-state index in [2.05, 4.69) is 37.2 Å². The topological polar surface area (TPSA) is 779 Å². The van der Waals surface area contributed by atoms with E-state index in [1.807, 2.05) is 0 Å². The number of carboxylic acids is 8. The first-order valence-corrected chi connectivity index (χ1v) is 41.1. The van der Waals surface area contributed by atoms with Gasteiger partial charge in [-0.15, -0.1) is 0 Å². The highest BCUT2D eigenvalue weighted by Crippen LogP contribution is 2.14. The highest BCUT2D eigenvalue weighted by Gasteiger charge is 2.31. The fourth-order valence-corrected chi connectivity index (χ4v) is 10.1. The number of nitrogens with zero attached hydrogens (tertiary/aromatic N) is 4. The lowest BCUT2D eigenvalue weighted by atomic mass is 9.96. The van der Waals surface area contributed by atoms with Crippen molar-refractivity contribution in [1.29, 1.82) is 0 Å². The molecule has 15 amide bonds. The van der Waals surface area contributed by atoms with Crippen molar-refractivity contribution in [1.82, 2.24) is 56.8 Å². The van der Waals surface area contributed by atoms with Crippen molar-refractivity contribution in [2.75, 3.05) is 211 Å². The van der Waals surface area contributed by atoms with Crippen molar-refractivity contribution in [3.8, 4) is 0 Å². The highest BCUT2D eigenvalue weighted by atomic mass is 16.6. The summed E-state index contributed by atoms with van der Waals surface area (Å²) in [7, 11) is 0. The molecule has 0 radical (unpaired) electrons. The van der Waals surface area contributed by atoms with Gasteiger partial charge in [-0.1, -0.05) is 0 Å². The minimum absolute atomic E-state index is 0.00941. The van der Waals surface area contributed by atoms with Gasteiger partial charge in [0.15, 0.2) is 0 Å². The smallest absolute Gasteiger partial charge is 0.326 e. The zero-order chi connectivity index (χ0) is 100.0. The Morgan fingerprint density at radius 1 is 0.231 bits per heavy atom. The van der Waals surface area contributed by atoms with E-state index in [1.165, 1.54) is 0 Å². The molecule has 0 saturated heterocycles. The first-order chi connectivity index (χ1) is 63.8. The van der Waals surface area contributed by atoms with Crippen LogP contribution < -0.4 is 37.2 Å². The van der Waals surface area contributed by atoms with Gasteiger partial charge in [0, 0.05) is 120 Å². The Morgan fingerprint density at radius 2 is 0.440 bits per heavy atom. The third kappa shape index (κ3) is 60.7. The molecule has 4 aliphatic rings. The third-order valence-electron chi connectivity index (χ3n) is 16.8. The summed E-state index contributed by atoms with van der Waals surface area (Å²) in [6.45, 7) is 4.36. The lowest BCUT2D eigenvalue weighted by Crippen LogP contribution is -2.42. The van der Waals surface area contributed by atoms with Crippen LogP contribution in [0.1, 0.15) is 70.6 Å². The molecule has 0 aromatic rings. The van der Waals surface area contributed by atoms with Gasteiger partial charge >= 0.3 is 47.8 Å². The van der Waals surface area contributed by atoms with Crippen LogP contribution in [0, 0.1) is 5.92 Å². The van der Waals surface area contributed by atoms with E-state index < -0.39 is 173 Å². The van der Waals surface area contributed by atoms with Crippen molar-refractivity contribution in [2.45, 2.75) is 88.8 Å². The van der Waals surface area contributed by atoms with Gasteiger partial charge in [0.25, 0.3) is 47.3 Å². The maximum absolute atomic E-state index is 11.8. The van der Waals surface area contributed by atoms with Crippen LogP contribution in [0.5, 0.6) is 0 Å². The predicted octanol–water partition coefficient (Wildman–Crippen LogP) is -8.08. The molecular formula is C79H113N11O44. The van der Waals surface area contributed by atoms with Crippen LogP contribution in [-0.2, 0) is 172 Å². The average Bonchev–Trinajstić information content (AvgIpc) is 1.75. The summed E-state index contributed by atoms with van der Waals surface area (Å²) in [5, 5.41) is 86.7. The molecule has 15 N–H and O–H groups in total. The summed E-state index contributed by atoms with van der Waals surface area (Å²) in [4.78, 5) is 273. The van der Waals surface area contributed by atoms with E-state index in [0.29, 0.717) is 26.4 Å². The summed E-state index contributed by atoms with van der Waals surface area (Å²) in [6, 6.07) is -4.27. The summed E-state index contributed by atoms with van der Waals surface area (Å²) >= 11 is 0. The molecule has 4 rings (SSSR count). The van der Waals surface area contributed by atoms with Gasteiger partial charge in [0.1, 0.15) is 50.1 Å². The van der Waals surface area contributed by atoms with Crippen LogP contribution in [0.3, 0.4) is 0 Å². The van der Waals surface area contributed by atoms with E-state index in [1.54, 1.807) is 0 Å². The summed E-state index contributed by atoms with van der Waals surface area (Å²) in [5.74, 6) is -19.6. The standard InChI is InChI=1S/C21H31N3O12.C21H30N2O11.C19H27N3O11.C18H25N3O10/c25-16(23-15(21(31)32)13-20(29)30)3-5-33-7-9-35-11-12-36-10-8-34-6-4-22-17(26)14-24-18(27)1-2-19(24)28;24-16(13-15(21(30)31)1-4-20(28)29)5-7-32-9-11-34-12-10-33-8-6-22-17(25)14-23-18(26)2-3-19(23)27;23-14(21-13(19(29)30)11-18(27)28)3-5-31-7-9-33-10-8-32-6-4-20-15(24)12-22-16(25)1-2-17(22)26;22-13(20-12(18(28)29)1-4-17(26)27)5-7-30-9-10-31-8-6-19-14(23)11-21-15(24)2-3-16(21)25/h1-2,15H,3-14H2,(H,22,26)(H,23,25)(H,29,30)(H,31,32);2-3,15H,1,4-14H2,(H,22,25)(H,28,29)(H,30,31);1-2,13H,3-12H2,(H,20,24)(H,21,23)(H,27,28)(H,29,30);2-3,12H,1,4-11H2,(H,19,23)(H,20,22)(H,26,27)(H,28,29). The largest absolute Gasteiger partial charge is 0.481 e. The van der Waals surface area contributed by atoms with Crippen LogP contribution >= 0.6 is 0 Å². The fraction of sp³-hybridized carbons (Fsp3) is 0.595. The van der Waals surface area contributed by atoms with Crippen LogP contribution in [-0.4, -0.2) is 432 Å². The maximum atomic E-state index is 11.8. The van der Waals surface area contributed by atoms with E-state index >= 15 is 0 Å². The molecule has 0 bridgehead atoms. The molecule has 0 fully saturated rings.